The van der Waals surface area contributed by atoms with E-state index in [9.17, 15) is 12.8 Å². The Bertz CT molecular complexity index is 595. The first-order valence-electron chi connectivity index (χ1n) is 8.06. The summed E-state index contributed by atoms with van der Waals surface area (Å²) in [5.41, 5.74) is 0.587. The van der Waals surface area contributed by atoms with E-state index >= 15 is 0 Å². The molecule has 0 fully saturated rings. The second-order valence-electron chi connectivity index (χ2n) is 8.45. The molecule has 0 aromatic heterocycles. The van der Waals surface area contributed by atoms with Crippen LogP contribution in [-0.4, -0.2) is 14.2 Å². The lowest BCUT2D eigenvalue weighted by atomic mass is 9.83. The first kappa shape index (κ1) is 20.1. The van der Waals surface area contributed by atoms with E-state index in [0.717, 1.165) is 12.0 Å². The van der Waals surface area contributed by atoms with Crippen molar-refractivity contribution < 1.29 is 12.8 Å². The van der Waals surface area contributed by atoms with Crippen LogP contribution >= 0.6 is 0 Å². The number of hydrogen-bond donors (Lipinski definition) is 1. The lowest BCUT2D eigenvalue weighted by molar-refractivity contribution is 0.303. The highest BCUT2D eigenvalue weighted by atomic mass is 32.2. The van der Waals surface area contributed by atoms with Crippen LogP contribution in [0.4, 0.5) is 4.39 Å². The highest BCUT2D eigenvalue weighted by molar-refractivity contribution is 7.89. The van der Waals surface area contributed by atoms with Crippen LogP contribution in [0.5, 0.6) is 0 Å². The number of rotatable bonds is 6. The van der Waals surface area contributed by atoms with Gasteiger partial charge in [0.1, 0.15) is 5.82 Å². The van der Waals surface area contributed by atoms with Crippen LogP contribution in [0.15, 0.2) is 24.3 Å². The Balaban J connectivity index is 2.87. The van der Waals surface area contributed by atoms with Crippen LogP contribution in [-0.2, 0) is 10.0 Å². The topological polar surface area (TPSA) is 46.2 Å². The van der Waals surface area contributed by atoms with Gasteiger partial charge >= 0.3 is 0 Å². The minimum Gasteiger partial charge on any atom is -0.212 e. The molecule has 5 heteroatoms. The van der Waals surface area contributed by atoms with Gasteiger partial charge in [0, 0.05) is 0 Å². The smallest absolute Gasteiger partial charge is 0.212 e. The maximum absolute atomic E-state index is 13.1. The Morgan fingerprint density at radius 2 is 1.57 bits per heavy atom. The predicted octanol–water partition coefficient (Wildman–Crippen LogP) is 4.66. The molecule has 1 aromatic rings. The summed E-state index contributed by atoms with van der Waals surface area (Å²) in [5.74, 6) is -0.215. The van der Waals surface area contributed by atoms with Crippen molar-refractivity contribution in [2.24, 2.45) is 10.8 Å². The molecule has 0 amide bonds. The molecule has 23 heavy (non-hydrogen) atoms. The normalized spacial score (nSPS) is 14.7. The molecule has 1 aromatic carbocycles. The van der Waals surface area contributed by atoms with Crippen LogP contribution < -0.4 is 4.72 Å². The maximum Gasteiger partial charge on any atom is 0.212 e. The number of nitrogens with one attached hydrogen (secondary N) is 1. The van der Waals surface area contributed by atoms with Gasteiger partial charge in [-0.3, -0.25) is 0 Å². The molecule has 3 nitrogen and oxygen atoms in total. The van der Waals surface area contributed by atoms with Crippen LogP contribution in [0.1, 0.15) is 66.0 Å². The molecule has 0 spiro atoms. The molecule has 0 aliphatic carbocycles. The molecule has 1 rings (SSSR count). The summed E-state index contributed by atoms with van der Waals surface area (Å²) in [5, 5.41) is 0. The molecular weight excluding hydrogens is 313 g/mol. The highest BCUT2D eigenvalue weighted by Gasteiger charge is 2.30. The minimum absolute atomic E-state index is 0.109. The third kappa shape index (κ3) is 7.44. The van der Waals surface area contributed by atoms with Crippen LogP contribution in [0.25, 0.3) is 0 Å². The van der Waals surface area contributed by atoms with E-state index < -0.39 is 10.0 Å². The SMILES string of the molecule is CC(C)(C)CCCS(=O)(=O)NC(c1ccc(F)cc1)C(C)(C)C. The largest absolute Gasteiger partial charge is 0.212 e. The molecular formula is C18H30FNO2S. The zero-order valence-corrected chi connectivity index (χ0v) is 15.9. The van der Waals surface area contributed by atoms with Gasteiger partial charge in [-0.05, 0) is 41.4 Å². The number of benzene rings is 1. The molecule has 0 saturated heterocycles. The highest BCUT2D eigenvalue weighted by Crippen LogP contribution is 2.33. The zero-order chi connectivity index (χ0) is 17.9. The number of hydrogen-bond acceptors (Lipinski definition) is 2. The van der Waals surface area contributed by atoms with Crippen molar-refractivity contribution in [3.8, 4) is 0 Å². The van der Waals surface area contributed by atoms with Crippen molar-refractivity contribution in [1.29, 1.82) is 0 Å². The molecule has 1 N–H and O–H groups in total. The molecule has 0 aliphatic heterocycles. The van der Waals surface area contributed by atoms with Gasteiger partial charge in [0.2, 0.25) is 10.0 Å². The van der Waals surface area contributed by atoms with Crippen LogP contribution in [0, 0.1) is 16.6 Å². The van der Waals surface area contributed by atoms with Gasteiger partial charge in [-0.1, -0.05) is 53.7 Å². The van der Waals surface area contributed by atoms with E-state index in [1.165, 1.54) is 12.1 Å². The third-order valence-corrected chi connectivity index (χ3v) is 5.13. The van der Waals surface area contributed by atoms with Crippen molar-refractivity contribution in [3.63, 3.8) is 0 Å². The van der Waals surface area contributed by atoms with Crippen molar-refractivity contribution in [2.45, 2.75) is 60.4 Å². The van der Waals surface area contributed by atoms with Crippen molar-refractivity contribution in [3.05, 3.63) is 35.6 Å². The number of sulfonamides is 1. The zero-order valence-electron chi connectivity index (χ0n) is 15.1. The van der Waals surface area contributed by atoms with Crippen molar-refractivity contribution in [1.82, 2.24) is 4.72 Å². The summed E-state index contributed by atoms with van der Waals surface area (Å²) in [6.07, 6.45) is 1.48. The van der Waals surface area contributed by atoms with E-state index in [4.69, 9.17) is 0 Å². The van der Waals surface area contributed by atoms with E-state index in [1.54, 1.807) is 12.1 Å². The fourth-order valence-electron chi connectivity index (χ4n) is 2.43. The summed E-state index contributed by atoms with van der Waals surface area (Å²) in [4.78, 5) is 0. The predicted molar refractivity (Wildman–Crippen MR) is 94.2 cm³/mol. The molecule has 0 aliphatic rings. The van der Waals surface area contributed by atoms with Gasteiger partial charge < -0.3 is 0 Å². The Kier molecular flexibility index (Phi) is 6.39. The fraction of sp³-hybridized carbons (Fsp3) is 0.667. The van der Waals surface area contributed by atoms with Crippen LogP contribution in [0.3, 0.4) is 0 Å². The first-order valence-corrected chi connectivity index (χ1v) is 9.71. The molecule has 0 radical (unpaired) electrons. The summed E-state index contributed by atoms with van der Waals surface area (Å²) >= 11 is 0. The summed E-state index contributed by atoms with van der Waals surface area (Å²) in [6.45, 7) is 12.2. The second kappa shape index (κ2) is 7.31. The molecule has 0 bridgehead atoms. The van der Waals surface area contributed by atoms with E-state index in [0.29, 0.717) is 6.42 Å². The summed E-state index contributed by atoms with van der Waals surface area (Å²) in [6, 6.07) is 5.62. The maximum atomic E-state index is 13.1. The minimum atomic E-state index is -3.39. The van der Waals surface area contributed by atoms with E-state index in [1.807, 2.05) is 20.8 Å². The third-order valence-electron chi connectivity index (χ3n) is 3.71. The quantitative estimate of drug-likeness (QED) is 0.816. The average Bonchev–Trinajstić information content (AvgIpc) is 2.34. The van der Waals surface area contributed by atoms with Crippen molar-refractivity contribution in [2.75, 3.05) is 5.75 Å². The van der Waals surface area contributed by atoms with Gasteiger partial charge in [0.05, 0.1) is 11.8 Å². The van der Waals surface area contributed by atoms with Gasteiger partial charge in [-0.15, -0.1) is 0 Å². The molecule has 132 valence electrons. The second-order valence-corrected chi connectivity index (χ2v) is 10.3. The molecule has 0 saturated carbocycles. The monoisotopic (exact) mass is 343 g/mol. The van der Waals surface area contributed by atoms with Gasteiger partial charge in [-0.25, -0.2) is 17.5 Å². The van der Waals surface area contributed by atoms with Gasteiger partial charge in [0.15, 0.2) is 0 Å². The Morgan fingerprint density at radius 3 is 2.00 bits per heavy atom. The number of halogens is 1. The van der Waals surface area contributed by atoms with Gasteiger partial charge in [-0.2, -0.15) is 0 Å². The van der Waals surface area contributed by atoms with E-state index in [2.05, 4.69) is 25.5 Å². The average molecular weight is 344 g/mol. The van der Waals surface area contributed by atoms with E-state index in [-0.39, 0.29) is 28.4 Å². The van der Waals surface area contributed by atoms with Gasteiger partial charge in [0.25, 0.3) is 0 Å². The lowest BCUT2D eigenvalue weighted by Gasteiger charge is -2.32. The fourth-order valence-corrected chi connectivity index (χ4v) is 3.92. The Morgan fingerprint density at radius 1 is 1.04 bits per heavy atom. The molecule has 1 atom stereocenters. The lowest BCUT2D eigenvalue weighted by Crippen LogP contribution is -2.38. The Labute approximate surface area is 140 Å². The summed E-state index contributed by atoms with van der Waals surface area (Å²) in [7, 11) is -3.39. The molecule has 0 heterocycles. The van der Waals surface area contributed by atoms with Crippen molar-refractivity contribution >= 4 is 10.0 Å². The standard InChI is InChI=1S/C18H30FNO2S/c1-17(2,3)12-7-13-23(21,22)20-16(18(4,5)6)14-8-10-15(19)11-9-14/h8-11,16,20H,7,12-13H2,1-6H3. The summed E-state index contributed by atoms with van der Waals surface area (Å²) < 4.78 is 40.8. The van der Waals surface area contributed by atoms with Crippen LogP contribution in [0.2, 0.25) is 0 Å². The Hall–Kier alpha value is -0.940. The first-order chi connectivity index (χ1) is 10.3. The molecule has 1 unspecified atom stereocenters.